The van der Waals surface area contributed by atoms with E-state index in [0.29, 0.717) is 0 Å². The van der Waals surface area contributed by atoms with Crippen LogP contribution in [0.3, 0.4) is 0 Å². The lowest BCUT2D eigenvalue weighted by atomic mass is 9.98. The van der Waals surface area contributed by atoms with E-state index in [9.17, 15) is 0 Å². The fourth-order valence-corrected chi connectivity index (χ4v) is 5.88. The van der Waals surface area contributed by atoms with Crippen molar-refractivity contribution >= 4 is 44.7 Å². The first-order chi connectivity index (χ1) is 16.8. The van der Waals surface area contributed by atoms with Gasteiger partial charge in [0.1, 0.15) is 11.5 Å². The molecular weight excluding hydrogens is 418 g/mol. The topological polar surface area (TPSA) is 34.4 Å². The van der Waals surface area contributed by atoms with Gasteiger partial charge in [-0.2, -0.15) is 0 Å². The zero-order valence-corrected chi connectivity index (χ0v) is 20.3. The third-order valence-electron chi connectivity index (χ3n) is 7.71. The van der Waals surface area contributed by atoms with E-state index < -0.39 is 0 Å². The van der Waals surface area contributed by atoms with Gasteiger partial charge in [0, 0.05) is 50.0 Å². The molecule has 0 radical (unpaired) electrons. The summed E-state index contributed by atoms with van der Waals surface area (Å²) in [5.41, 5.74) is 2.05. The zero-order chi connectivity index (χ0) is 22.9. The minimum atomic E-state index is 1.02. The van der Waals surface area contributed by atoms with E-state index >= 15 is 0 Å². The lowest BCUT2D eigenvalue weighted by Crippen LogP contribution is -2.41. The summed E-state index contributed by atoms with van der Waals surface area (Å²) in [7, 11) is 0. The van der Waals surface area contributed by atoms with Gasteiger partial charge in [0.2, 0.25) is 5.96 Å². The molecule has 3 aliphatic heterocycles. The Bertz CT molecular complexity index is 1220. The Morgan fingerprint density at radius 3 is 1.38 bits per heavy atom. The standard InChI is InChI=1S/C29H35N5/c1-22(32-16-6-7-17-32)30-27-25-14-4-2-12-23(25)24-13-3-5-15-26(24)28(27)31-29(33-18-8-9-19-33)34-20-10-11-21-34/h2-5,12-15H,6-11,16-21H2,1H3. The van der Waals surface area contributed by atoms with E-state index in [2.05, 4.69) is 70.2 Å². The molecule has 0 spiro atoms. The van der Waals surface area contributed by atoms with Crippen molar-refractivity contribution in [1.82, 2.24) is 14.7 Å². The van der Waals surface area contributed by atoms with E-state index in [-0.39, 0.29) is 0 Å². The number of likely N-dealkylation sites (tertiary alicyclic amines) is 3. The third kappa shape index (κ3) is 3.91. The first-order valence-corrected chi connectivity index (χ1v) is 13.1. The maximum atomic E-state index is 5.52. The average Bonchev–Trinajstić information content (AvgIpc) is 3.67. The van der Waals surface area contributed by atoms with E-state index in [4.69, 9.17) is 9.98 Å². The van der Waals surface area contributed by atoms with Crippen molar-refractivity contribution in [2.24, 2.45) is 9.98 Å². The Morgan fingerprint density at radius 2 is 0.912 bits per heavy atom. The maximum Gasteiger partial charge on any atom is 0.201 e. The first-order valence-electron chi connectivity index (χ1n) is 13.1. The predicted molar refractivity (Wildman–Crippen MR) is 144 cm³/mol. The SMILES string of the molecule is CC(=Nc1c(N=C(N2CCCC2)N2CCCC2)c2ccccc2c2ccccc12)N1CCCC1. The Morgan fingerprint density at radius 1 is 0.529 bits per heavy atom. The van der Waals surface area contributed by atoms with Crippen molar-refractivity contribution in [3.05, 3.63) is 48.5 Å². The normalized spacial score (nSPS) is 19.1. The highest BCUT2D eigenvalue weighted by Gasteiger charge is 2.26. The number of rotatable bonds is 2. The van der Waals surface area contributed by atoms with E-state index in [1.807, 2.05) is 0 Å². The van der Waals surface area contributed by atoms with Crippen LogP contribution < -0.4 is 0 Å². The summed E-state index contributed by atoms with van der Waals surface area (Å²) in [5.74, 6) is 2.27. The van der Waals surface area contributed by atoms with Crippen LogP contribution in [0.15, 0.2) is 58.5 Å². The molecule has 0 atom stereocenters. The Labute approximate surface area is 202 Å². The van der Waals surface area contributed by atoms with Crippen molar-refractivity contribution in [2.75, 3.05) is 39.3 Å². The van der Waals surface area contributed by atoms with Crippen LogP contribution in [0.25, 0.3) is 21.5 Å². The highest BCUT2D eigenvalue weighted by atomic mass is 15.4. The van der Waals surface area contributed by atoms with Crippen molar-refractivity contribution < 1.29 is 0 Å². The quantitative estimate of drug-likeness (QED) is 0.259. The van der Waals surface area contributed by atoms with Gasteiger partial charge in [0.25, 0.3) is 0 Å². The molecule has 3 saturated heterocycles. The number of benzene rings is 3. The smallest absolute Gasteiger partial charge is 0.201 e. The molecule has 0 bridgehead atoms. The summed E-state index contributed by atoms with van der Waals surface area (Å²) in [4.78, 5) is 18.3. The molecule has 3 fully saturated rings. The van der Waals surface area contributed by atoms with E-state index in [1.54, 1.807) is 0 Å². The van der Waals surface area contributed by atoms with Crippen LogP contribution in [0.2, 0.25) is 0 Å². The number of fused-ring (bicyclic) bond motifs is 3. The molecule has 0 aromatic heterocycles. The van der Waals surface area contributed by atoms with Gasteiger partial charge in [-0.1, -0.05) is 48.5 Å². The molecule has 3 heterocycles. The van der Waals surface area contributed by atoms with Gasteiger partial charge in [-0.05, 0) is 56.2 Å². The lowest BCUT2D eigenvalue weighted by molar-refractivity contribution is 0.395. The second-order valence-corrected chi connectivity index (χ2v) is 9.94. The van der Waals surface area contributed by atoms with Gasteiger partial charge < -0.3 is 14.7 Å². The average molecular weight is 454 g/mol. The number of guanidine groups is 1. The van der Waals surface area contributed by atoms with Gasteiger partial charge in [0.05, 0.1) is 5.69 Å². The van der Waals surface area contributed by atoms with Crippen molar-refractivity contribution in [3.63, 3.8) is 0 Å². The first kappa shape index (κ1) is 21.5. The summed E-state index contributed by atoms with van der Waals surface area (Å²) in [6, 6.07) is 17.5. The van der Waals surface area contributed by atoms with Gasteiger partial charge in [-0.15, -0.1) is 0 Å². The number of hydrogen-bond acceptors (Lipinski definition) is 2. The van der Waals surface area contributed by atoms with Gasteiger partial charge in [-0.25, -0.2) is 9.98 Å². The van der Waals surface area contributed by atoms with E-state index in [0.717, 1.165) is 62.4 Å². The minimum Gasteiger partial charge on any atom is -0.360 e. The fraction of sp³-hybridized carbons (Fsp3) is 0.448. The second-order valence-electron chi connectivity index (χ2n) is 9.94. The molecule has 0 N–H and O–H groups in total. The minimum absolute atomic E-state index is 1.02. The highest BCUT2D eigenvalue weighted by molar-refractivity contribution is 6.20. The highest BCUT2D eigenvalue weighted by Crippen LogP contribution is 2.44. The van der Waals surface area contributed by atoms with E-state index in [1.165, 1.54) is 60.1 Å². The molecule has 6 rings (SSSR count). The molecule has 0 unspecified atom stereocenters. The summed E-state index contributed by atoms with van der Waals surface area (Å²) < 4.78 is 0. The van der Waals surface area contributed by atoms with Crippen LogP contribution in [0.1, 0.15) is 45.4 Å². The van der Waals surface area contributed by atoms with Crippen LogP contribution in [0, 0.1) is 0 Å². The molecule has 3 aliphatic rings. The van der Waals surface area contributed by atoms with Crippen LogP contribution in [0.4, 0.5) is 11.4 Å². The maximum absolute atomic E-state index is 5.52. The molecule has 176 valence electrons. The second kappa shape index (κ2) is 9.28. The Hall–Kier alpha value is -3.08. The van der Waals surface area contributed by atoms with Crippen LogP contribution in [-0.2, 0) is 0 Å². The largest absolute Gasteiger partial charge is 0.360 e. The molecule has 3 aromatic rings. The molecule has 3 aromatic carbocycles. The van der Waals surface area contributed by atoms with Crippen LogP contribution >= 0.6 is 0 Å². The summed E-state index contributed by atoms with van der Waals surface area (Å²) in [6.45, 7) is 8.79. The number of nitrogens with zero attached hydrogens (tertiary/aromatic N) is 5. The number of aliphatic imine (C=N–C) groups is 2. The Kier molecular flexibility index (Phi) is 5.86. The summed E-state index contributed by atoms with van der Waals surface area (Å²) in [6.07, 6.45) is 7.53. The van der Waals surface area contributed by atoms with Gasteiger partial charge in [0.15, 0.2) is 0 Å². The zero-order valence-electron chi connectivity index (χ0n) is 20.3. The Balaban J connectivity index is 1.62. The number of amidine groups is 1. The molecule has 34 heavy (non-hydrogen) atoms. The predicted octanol–water partition coefficient (Wildman–Crippen LogP) is 6.32. The molecule has 0 aliphatic carbocycles. The van der Waals surface area contributed by atoms with Crippen molar-refractivity contribution in [1.29, 1.82) is 0 Å². The molecular formula is C29H35N5. The summed E-state index contributed by atoms with van der Waals surface area (Å²) in [5, 5.41) is 4.91. The van der Waals surface area contributed by atoms with Crippen molar-refractivity contribution in [2.45, 2.75) is 45.4 Å². The molecule has 5 heteroatoms. The van der Waals surface area contributed by atoms with Crippen LogP contribution in [-0.4, -0.2) is 65.8 Å². The summed E-state index contributed by atoms with van der Waals surface area (Å²) >= 11 is 0. The van der Waals surface area contributed by atoms with Crippen LogP contribution in [0.5, 0.6) is 0 Å². The molecule has 0 saturated carbocycles. The lowest BCUT2D eigenvalue weighted by Gasteiger charge is -2.29. The number of hydrogen-bond donors (Lipinski definition) is 0. The van der Waals surface area contributed by atoms with Gasteiger partial charge >= 0.3 is 0 Å². The molecule has 5 nitrogen and oxygen atoms in total. The molecule has 0 amide bonds. The fourth-order valence-electron chi connectivity index (χ4n) is 5.88. The van der Waals surface area contributed by atoms with Crippen molar-refractivity contribution in [3.8, 4) is 0 Å². The van der Waals surface area contributed by atoms with Gasteiger partial charge in [-0.3, -0.25) is 0 Å². The third-order valence-corrected chi connectivity index (χ3v) is 7.71. The monoisotopic (exact) mass is 453 g/mol.